The molecule has 0 fully saturated rings. The van der Waals surface area contributed by atoms with Crippen molar-refractivity contribution in [2.75, 3.05) is 5.32 Å². The summed E-state index contributed by atoms with van der Waals surface area (Å²) in [5, 5.41) is 11.3. The molecule has 5 nitrogen and oxygen atoms in total. The number of halogens is 2. The third kappa shape index (κ3) is 3.90. The lowest BCUT2D eigenvalue weighted by Crippen LogP contribution is -2.14. The molecule has 0 heterocycles. The molecule has 0 atom stereocenters. The molecule has 0 bridgehead atoms. The van der Waals surface area contributed by atoms with Gasteiger partial charge in [-0.15, -0.1) is 0 Å². The van der Waals surface area contributed by atoms with E-state index < -0.39 is 12.1 Å². The fourth-order valence-corrected chi connectivity index (χ4v) is 2.29. The maximum atomic E-state index is 11.7. The molecule has 1 amide bonds. The average molecular weight is 340 g/mol. The molecule has 0 unspecified atom stereocenters. The molecule has 0 spiro atoms. The van der Waals surface area contributed by atoms with Crippen molar-refractivity contribution >= 4 is 41.0 Å². The zero-order valence-corrected chi connectivity index (χ0v) is 12.7. The van der Waals surface area contributed by atoms with Gasteiger partial charge in [0.2, 0.25) is 0 Å². The maximum Gasteiger partial charge on any atom is 0.412 e. The number of ether oxygens (including phenoxy) is 1. The second kappa shape index (κ2) is 7.15. The molecule has 7 heteroatoms. The first-order chi connectivity index (χ1) is 10.5. The number of aromatic carboxylic acids is 1. The largest absolute Gasteiger partial charge is 0.478 e. The highest BCUT2D eigenvalue weighted by Gasteiger charge is 2.18. The van der Waals surface area contributed by atoms with Gasteiger partial charge in [0, 0.05) is 0 Å². The first kappa shape index (κ1) is 16.1. The van der Waals surface area contributed by atoms with Crippen molar-refractivity contribution in [1.82, 2.24) is 0 Å². The van der Waals surface area contributed by atoms with Crippen molar-refractivity contribution in [3.8, 4) is 0 Å². The van der Waals surface area contributed by atoms with E-state index in [4.69, 9.17) is 33.0 Å². The molecule has 0 aliphatic carbocycles. The monoisotopic (exact) mass is 339 g/mol. The Morgan fingerprint density at radius 1 is 1.09 bits per heavy atom. The van der Waals surface area contributed by atoms with Crippen LogP contribution in [0.1, 0.15) is 15.9 Å². The Morgan fingerprint density at radius 2 is 1.77 bits per heavy atom. The van der Waals surface area contributed by atoms with Crippen LogP contribution in [0.4, 0.5) is 10.5 Å². The van der Waals surface area contributed by atoms with Gasteiger partial charge >= 0.3 is 12.1 Å². The SMILES string of the molecule is O=C(Nc1ccc(Cl)c(C(=O)O)c1Cl)OCc1ccccc1. The lowest BCUT2D eigenvalue weighted by atomic mass is 10.2. The number of rotatable bonds is 4. The predicted octanol–water partition coefficient (Wildman–Crippen LogP) is 4.44. The smallest absolute Gasteiger partial charge is 0.412 e. The number of hydrogen-bond donors (Lipinski definition) is 2. The molecule has 0 saturated heterocycles. The molecule has 2 N–H and O–H groups in total. The number of anilines is 1. The van der Waals surface area contributed by atoms with Gasteiger partial charge in [0.1, 0.15) is 6.61 Å². The highest BCUT2D eigenvalue weighted by Crippen LogP contribution is 2.31. The Morgan fingerprint density at radius 3 is 2.41 bits per heavy atom. The highest BCUT2D eigenvalue weighted by molar-refractivity contribution is 6.41. The van der Waals surface area contributed by atoms with Crippen LogP contribution >= 0.6 is 23.2 Å². The second-order valence-electron chi connectivity index (χ2n) is 4.28. The molecule has 0 radical (unpaired) electrons. The molecule has 0 aliphatic rings. The lowest BCUT2D eigenvalue weighted by Gasteiger charge is -2.11. The van der Waals surface area contributed by atoms with E-state index in [0.717, 1.165) is 5.56 Å². The van der Waals surface area contributed by atoms with Crippen molar-refractivity contribution < 1.29 is 19.4 Å². The van der Waals surface area contributed by atoms with Gasteiger partial charge in [-0.2, -0.15) is 0 Å². The Hall–Kier alpha value is -2.24. The zero-order chi connectivity index (χ0) is 16.1. The maximum absolute atomic E-state index is 11.7. The minimum absolute atomic E-state index is 0.0132. The fourth-order valence-electron chi connectivity index (χ4n) is 1.71. The number of hydrogen-bond acceptors (Lipinski definition) is 3. The van der Waals surface area contributed by atoms with Crippen LogP contribution in [0.3, 0.4) is 0 Å². The number of carbonyl (C=O) groups is 2. The average Bonchev–Trinajstić information content (AvgIpc) is 2.49. The van der Waals surface area contributed by atoms with E-state index in [1.54, 1.807) is 0 Å². The van der Waals surface area contributed by atoms with Gasteiger partial charge in [0.05, 0.1) is 21.3 Å². The molecule has 0 saturated carbocycles. The summed E-state index contributed by atoms with van der Waals surface area (Å²) in [6.45, 7) is 0.0870. The van der Waals surface area contributed by atoms with Crippen molar-refractivity contribution in [2.45, 2.75) is 6.61 Å². The van der Waals surface area contributed by atoms with Gasteiger partial charge in [-0.1, -0.05) is 53.5 Å². The van der Waals surface area contributed by atoms with Crippen molar-refractivity contribution in [3.63, 3.8) is 0 Å². The van der Waals surface area contributed by atoms with Crippen molar-refractivity contribution in [1.29, 1.82) is 0 Å². The van der Waals surface area contributed by atoms with E-state index in [2.05, 4.69) is 5.32 Å². The summed E-state index contributed by atoms with van der Waals surface area (Å²) in [6.07, 6.45) is -0.746. The summed E-state index contributed by atoms with van der Waals surface area (Å²) in [5.41, 5.74) is 0.664. The Kier molecular flexibility index (Phi) is 5.25. The normalized spacial score (nSPS) is 10.1. The van der Waals surface area contributed by atoms with Gasteiger partial charge in [0.25, 0.3) is 0 Å². The van der Waals surface area contributed by atoms with Crippen molar-refractivity contribution in [3.05, 3.63) is 63.6 Å². The second-order valence-corrected chi connectivity index (χ2v) is 5.06. The minimum Gasteiger partial charge on any atom is -0.478 e. The Bertz CT molecular complexity index is 704. The molecule has 2 rings (SSSR count). The van der Waals surface area contributed by atoms with Gasteiger partial charge in [0.15, 0.2) is 0 Å². The minimum atomic E-state index is -1.28. The summed E-state index contributed by atoms with van der Waals surface area (Å²) in [5.74, 6) is -1.28. The first-order valence-corrected chi connectivity index (χ1v) is 6.93. The molecule has 2 aromatic carbocycles. The zero-order valence-electron chi connectivity index (χ0n) is 11.2. The standard InChI is InChI=1S/C15H11Cl2NO4/c16-10-6-7-11(13(17)12(10)14(19)20)18-15(21)22-8-9-4-2-1-3-5-9/h1-7H,8H2,(H,18,21)(H,19,20). The summed E-state index contributed by atoms with van der Waals surface area (Å²) >= 11 is 11.7. The fraction of sp³-hybridized carbons (Fsp3) is 0.0667. The Balaban J connectivity index is 2.06. The molecular weight excluding hydrogens is 329 g/mol. The summed E-state index contributed by atoms with van der Waals surface area (Å²) < 4.78 is 5.03. The van der Waals surface area contributed by atoms with Crippen LogP contribution in [0.25, 0.3) is 0 Å². The molecular formula is C15H11Cl2NO4. The number of benzene rings is 2. The summed E-state index contributed by atoms with van der Waals surface area (Å²) in [4.78, 5) is 22.8. The summed E-state index contributed by atoms with van der Waals surface area (Å²) in [6, 6.07) is 11.9. The number of nitrogens with one attached hydrogen (secondary N) is 1. The predicted molar refractivity (Wildman–Crippen MR) is 83.7 cm³/mol. The van der Waals surface area contributed by atoms with Gasteiger partial charge in [-0.3, -0.25) is 5.32 Å². The highest BCUT2D eigenvalue weighted by atomic mass is 35.5. The van der Waals surface area contributed by atoms with E-state index >= 15 is 0 Å². The van der Waals surface area contributed by atoms with Crippen LogP contribution in [0, 0.1) is 0 Å². The van der Waals surface area contributed by atoms with E-state index in [9.17, 15) is 9.59 Å². The molecule has 22 heavy (non-hydrogen) atoms. The molecule has 0 aromatic heterocycles. The van der Waals surface area contributed by atoms with Gasteiger partial charge in [-0.05, 0) is 17.7 Å². The van der Waals surface area contributed by atoms with E-state index in [1.807, 2.05) is 30.3 Å². The molecule has 0 aliphatic heterocycles. The van der Waals surface area contributed by atoms with Crippen LogP contribution in [0.15, 0.2) is 42.5 Å². The third-order valence-corrected chi connectivity index (χ3v) is 3.46. The Labute approximate surface area is 136 Å². The topological polar surface area (TPSA) is 75.6 Å². The van der Waals surface area contributed by atoms with E-state index in [1.165, 1.54) is 12.1 Å². The third-order valence-electron chi connectivity index (χ3n) is 2.75. The molecule has 114 valence electrons. The van der Waals surface area contributed by atoms with Crippen LogP contribution < -0.4 is 5.32 Å². The van der Waals surface area contributed by atoms with Crippen molar-refractivity contribution in [2.24, 2.45) is 0 Å². The van der Waals surface area contributed by atoms with Gasteiger partial charge in [-0.25, -0.2) is 9.59 Å². The van der Waals surface area contributed by atoms with Crippen LogP contribution in [0.5, 0.6) is 0 Å². The first-order valence-electron chi connectivity index (χ1n) is 6.18. The van der Waals surface area contributed by atoms with Crippen LogP contribution in [0.2, 0.25) is 10.0 Å². The number of carboxylic acid groups (broad SMARTS) is 1. The van der Waals surface area contributed by atoms with E-state index in [0.29, 0.717) is 0 Å². The lowest BCUT2D eigenvalue weighted by molar-refractivity contribution is 0.0697. The quantitative estimate of drug-likeness (QED) is 0.863. The van der Waals surface area contributed by atoms with Crippen LogP contribution in [-0.4, -0.2) is 17.2 Å². The summed E-state index contributed by atoms with van der Waals surface area (Å²) in [7, 11) is 0. The van der Waals surface area contributed by atoms with E-state index in [-0.39, 0.29) is 27.9 Å². The van der Waals surface area contributed by atoms with Gasteiger partial charge < -0.3 is 9.84 Å². The number of amides is 1. The number of carbonyl (C=O) groups excluding carboxylic acids is 1. The van der Waals surface area contributed by atoms with Crippen LogP contribution in [-0.2, 0) is 11.3 Å². The number of carboxylic acids is 1. The molecule has 2 aromatic rings.